The third kappa shape index (κ3) is 5.09. The normalized spacial score (nSPS) is 17.3. The number of hydrogen-bond donors (Lipinski definition) is 1. The number of piperidine rings is 1. The van der Waals surface area contributed by atoms with Crippen molar-refractivity contribution in [3.05, 3.63) is 42.0 Å². The van der Waals surface area contributed by atoms with E-state index in [1.807, 2.05) is 44.1 Å². The van der Waals surface area contributed by atoms with Crippen LogP contribution in [0, 0.1) is 12.8 Å². The van der Waals surface area contributed by atoms with E-state index in [0.29, 0.717) is 50.6 Å². The Balaban J connectivity index is 1.38. The molecule has 0 aliphatic carbocycles. The average molecular weight is 474 g/mol. The van der Waals surface area contributed by atoms with E-state index in [-0.39, 0.29) is 16.7 Å². The summed E-state index contributed by atoms with van der Waals surface area (Å²) in [6.07, 6.45) is 1.71. The van der Waals surface area contributed by atoms with Crippen LogP contribution in [0.2, 0.25) is 0 Å². The summed E-state index contributed by atoms with van der Waals surface area (Å²) < 4.78 is 39.0. The number of carbonyl (C=O) groups is 1. The molecule has 0 spiro atoms. The Hall–Kier alpha value is -2.78. The van der Waals surface area contributed by atoms with Crippen molar-refractivity contribution in [1.82, 2.24) is 4.31 Å². The van der Waals surface area contributed by atoms with Gasteiger partial charge in [0, 0.05) is 57.0 Å². The van der Waals surface area contributed by atoms with Crippen molar-refractivity contribution in [1.29, 1.82) is 0 Å². The molecule has 2 aromatic carbocycles. The molecule has 1 N–H and O–H groups in total. The summed E-state index contributed by atoms with van der Waals surface area (Å²) in [7, 11) is 0.289. The number of fused-ring (bicyclic) bond motifs is 1. The molecule has 1 amide bonds. The van der Waals surface area contributed by atoms with Crippen LogP contribution < -0.4 is 19.7 Å². The second-order valence-corrected chi connectivity index (χ2v) is 10.7. The Morgan fingerprint density at radius 2 is 1.73 bits per heavy atom. The minimum Gasteiger partial charge on any atom is -0.490 e. The van der Waals surface area contributed by atoms with Crippen LogP contribution in [0.4, 0.5) is 11.4 Å². The average Bonchev–Trinajstić information content (AvgIpc) is 3.04. The second-order valence-electron chi connectivity index (χ2n) is 8.72. The van der Waals surface area contributed by atoms with Gasteiger partial charge in [0.1, 0.15) is 0 Å². The van der Waals surface area contributed by atoms with E-state index in [4.69, 9.17) is 9.47 Å². The van der Waals surface area contributed by atoms with E-state index in [0.717, 1.165) is 23.4 Å². The molecule has 1 saturated heterocycles. The van der Waals surface area contributed by atoms with Crippen LogP contribution in [0.15, 0.2) is 41.3 Å². The first kappa shape index (κ1) is 23.4. The zero-order valence-corrected chi connectivity index (χ0v) is 20.2. The highest BCUT2D eigenvalue weighted by molar-refractivity contribution is 7.89. The van der Waals surface area contributed by atoms with Crippen molar-refractivity contribution in [2.75, 3.05) is 50.6 Å². The van der Waals surface area contributed by atoms with E-state index in [1.54, 1.807) is 12.1 Å². The molecule has 0 unspecified atom stereocenters. The van der Waals surface area contributed by atoms with Gasteiger partial charge in [-0.3, -0.25) is 4.79 Å². The Morgan fingerprint density at radius 1 is 1.03 bits per heavy atom. The lowest BCUT2D eigenvalue weighted by Crippen LogP contribution is -2.41. The highest BCUT2D eigenvalue weighted by atomic mass is 32.2. The monoisotopic (exact) mass is 473 g/mol. The summed E-state index contributed by atoms with van der Waals surface area (Å²) in [5, 5.41) is 2.99. The molecule has 2 aromatic rings. The molecule has 4 rings (SSSR count). The number of ether oxygens (including phenoxy) is 2. The number of nitrogens with zero attached hydrogens (tertiary/aromatic N) is 2. The maximum absolute atomic E-state index is 13.2. The quantitative estimate of drug-likeness (QED) is 0.717. The van der Waals surface area contributed by atoms with Crippen molar-refractivity contribution in [3.63, 3.8) is 0 Å². The molecular weight excluding hydrogens is 442 g/mol. The van der Waals surface area contributed by atoms with Crippen molar-refractivity contribution < 1.29 is 22.7 Å². The number of nitrogens with one attached hydrogen (secondary N) is 1. The van der Waals surface area contributed by atoms with Gasteiger partial charge in [0.2, 0.25) is 15.9 Å². The number of carbonyl (C=O) groups excluding carboxylic acids is 1. The summed E-state index contributed by atoms with van der Waals surface area (Å²) in [5.74, 6) is 0.725. The molecule has 0 radical (unpaired) electrons. The minimum atomic E-state index is -3.67. The molecule has 2 heterocycles. The lowest BCUT2D eigenvalue weighted by molar-refractivity contribution is -0.120. The second kappa shape index (κ2) is 9.61. The first-order valence-corrected chi connectivity index (χ1v) is 12.7. The van der Waals surface area contributed by atoms with Crippen LogP contribution >= 0.6 is 0 Å². The maximum atomic E-state index is 13.2. The van der Waals surface area contributed by atoms with Gasteiger partial charge in [-0.1, -0.05) is 0 Å². The fourth-order valence-corrected chi connectivity index (χ4v) is 5.78. The molecule has 0 aromatic heterocycles. The van der Waals surface area contributed by atoms with Gasteiger partial charge in [-0.15, -0.1) is 0 Å². The predicted octanol–water partition coefficient (Wildman–Crippen LogP) is 3.26. The third-order valence-corrected chi connectivity index (χ3v) is 8.02. The lowest BCUT2D eigenvalue weighted by atomic mass is 9.97. The number of rotatable bonds is 5. The van der Waals surface area contributed by atoms with Crippen LogP contribution in [0.1, 0.15) is 24.8 Å². The molecular formula is C24H31N3O5S. The molecule has 9 heteroatoms. The smallest absolute Gasteiger partial charge is 0.243 e. The Morgan fingerprint density at radius 3 is 2.39 bits per heavy atom. The Kier molecular flexibility index (Phi) is 6.81. The molecule has 0 saturated carbocycles. The SMILES string of the molecule is Cc1cc(NC(=O)C2CCN(S(=O)(=O)c3ccc4c(c3)OCCCO4)CC2)ccc1N(C)C. The lowest BCUT2D eigenvalue weighted by Gasteiger charge is -2.30. The van der Waals surface area contributed by atoms with E-state index >= 15 is 0 Å². The number of benzene rings is 2. The van der Waals surface area contributed by atoms with Crippen molar-refractivity contribution in [2.24, 2.45) is 5.92 Å². The van der Waals surface area contributed by atoms with Gasteiger partial charge in [0.25, 0.3) is 0 Å². The first-order valence-electron chi connectivity index (χ1n) is 11.2. The fourth-order valence-electron chi connectivity index (χ4n) is 4.29. The minimum absolute atomic E-state index is 0.0698. The molecule has 33 heavy (non-hydrogen) atoms. The Bertz CT molecular complexity index is 1120. The number of sulfonamides is 1. The standard InChI is InChI=1S/C24H31N3O5S/c1-17-15-19(5-7-21(17)26(2)3)25-24(28)18-9-11-27(12-10-18)33(29,30)20-6-8-22-23(16-20)32-14-4-13-31-22/h5-8,15-16,18H,4,9-14H2,1-3H3,(H,25,28). The van der Waals surface area contributed by atoms with Gasteiger partial charge < -0.3 is 19.7 Å². The van der Waals surface area contributed by atoms with Gasteiger partial charge in [-0.25, -0.2) is 8.42 Å². The Labute approximate surface area is 195 Å². The van der Waals surface area contributed by atoms with E-state index in [9.17, 15) is 13.2 Å². The summed E-state index contributed by atoms with van der Waals surface area (Å²) >= 11 is 0. The summed E-state index contributed by atoms with van der Waals surface area (Å²) in [6, 6.07) is 10.6. The number of amides is 1. The van der Waals surface area contributed by atoms with E-state index in [2.05, 4.69) is 5.32 Å². The fraction of sp³-hybridized carbons (Fsp3) is 0.458. The van der Waals surface area contributed by atoms with Gasteiger partial charge in [0.15, 0.2) is 11.5 Å². The largest absolute Gasteiger partial charge is 0.490 e. The predicted molar refractivity (Wildman–Crippen MR) is 128 cm³/mol. The van der Waals surface area contributed by atoms with Gasteiger partial charge in [0.05, 0.1) is 18.1 Å². The van der Waals surface area contributed by atoms with E-state index in [1.165, 1.54) is 10.4 Å². The van der Waals surface area contributed by atoms with Crippen LogP contribution in [-0.4, -0.2) is 59.0 Å². The van der Waals surface area contributed by atoms with Crippen LogP contribution in [0.5, 0.6) is 11.5 Å². The zero-order chi connectivity index (χ0) is 23.6. The number of aryl methyl sites for hydroxylation is 1. The van der Waals surface area contributed by atoms with Gasteiger partial charge in [-0.2, -0.15) is 4.31 Å². The molecule has 0 bridgehead atoms. The molecule has 0 atom stereocenters. The number of hydrogen-bond acceptors (Lipinski definition) is 6. The highest BCUT2D eigenvalue weighted by Crippen LogP contribution is 2.34. The van der Waals surface area contributed by atoms with E-state index < -0.39 is 10.0 Å². The zero-order valence-electron chi connectivity index (χ0n) is 19.3. The topological polar surface area (TPSA) is 88.2 Å². The maximum Gasteiger partial charge on any atom is 0.243 e. The van der Waals surface area contributed by atoms with Crippen molar-refractivity contribution >= 4 is 27.3 Å². The highest BCUT2D eigenvalue weighted by Gasteiger charge is 2.33. The van der Waals surface area contributed by atoms with Crippen LogP contribution in [-0.2, 0) is 14.8 Å². The van der Waals surface area contributed by atoms with Crippen molar-refractivity contribution in [2.45, 2.75) is 31.1 Å². The van der Waals surface area contributed by atoms with Gasteiger partial charge >= 0.3 is 0 Å². The first-order chi connectivity index (χ1) is 15.8. The summed E-state index contributed by atoms with van der Waals surface area (Å²) in [6.45, 7) is 3.65. The van der Waals surface area contributed by atoms with Crippen molar-refractivity contribution in [3.8, 4) is 11.5 Å². The molecule has 8 nitrogen and oxygen atoms in total. The number of anilines is 2. The molecule has 1 fully saturated rings. The van der Waals surface area contributed by atoms with Crippen LogP contribution in [0.3, 0.4) is 0 Å². The molecule has 2 aliphatic heterocycles. The molecule has 2 aliphatic rings. The molecule has 178 valence electrons. The van der Waals surface area contributed by atoms with Crippen LogP contribution in [0.25, 0.3) is 0 Å². The summed E-state index contributed by atoms with van der Waals surface area (Å²) in [5.41, 5.74) is 2.93. The summed E-state index contributed by atoms with van der Waals surface area (Å²) in [4.78, 5) is 15.0. The third-order valence-electron chi connectivity index (χ3n) is 6.13. The van der Waals surface area contributed by atoms with Gasteiger partial charge in [-0.05, 0) is 55.7 Å².